The first-order valence-corrected chi connectivity index (χ1v) is 20.8. The van der Waals surface area contributed by atoms with Crippen molar-refractivity contribution in [2.75, 3.05) is 9.80 Å². The Balaban J connectivity index is 1.10. The van der Waals surface area contributed by atoms with E-state index in [1.54, 1.807) is 0 Å². The average Bonchev–Trinajstić information content (AvgIpc) is 3.28. The molecule has 2 unspecified atom stereocenters. The van der Waals surface area contributed by atoms with Crippen molar-refractivity contribution in [1.29, 1.82) is 0 Å². The Morgan fingerprint density at radius 1 is 0.707 bits per heavy atom. The molecule has 0 bridgehead atoms. The number of benzene rings is 6. The number of nitrogens with zero attached hydrogens (tertiary/aromatic N) is 2. The van der Waals surface area contributed by atoms with E-state index in [1.165, 1.54) is 78.5 Å². The van der Waals surface area contributed by atoms with Crippen LogP contribution in [0, 0.1) is 18.8 Å². The van der Waals surface area contributed by atoms with Crippen molar-refractivity contribution in [2.45, 2.75) is 39.5 Å². The zero-order chi connectivity index (χ0) is 39.4. The summed E-state index contributed by atoms with van der Waals surface area (Å²) in [5.74, 6) is 0.517. The molecule has 0 aromatic heterocycles. The van der Waals surface area contributed by atoms with Gasteiger partial charge < -0.3 is 9.80 Å². The lowest BCUT2D eigenvalue weighted by molar-refractivity contribution is 0.581. The Bertz CT molecular complexity index is 2570. The summed E-state index contributed by atoms with van der Waals surface area (Å²) >= 11 is 0. The highest BCUT2D eigenvalue weighted by Gasteiger charge is 2.32. The third-order valence-electron chi connectivity index (χ3n) is 12.1. The molecule has 0 amide bonds. The van der Waals surface area contributed by atoms with Gasteiger partial charge in [0.05, 0.1) is 22.7 Å². The lowest BCUT2D eigenvalue weighted by Gasteiger charge is -2.40. The quantitative estimate of drug-likeness (QED) is 0.101. The Morgan fingerprint density at radius 2 is 1.33 bits per heavy atom. The van der Waals surface area contributed by atoms with Crippen LogP contribution in [0.1, 0.15) is 54.0 Å². The molecule has 1 heterocycles. The van der Waals surface area contributed by atoms with Crippen LogP contribution in [0.2, 0.25) is 0 Å². The van der Waals surface area contributed by atoms with E-state index >= 15 is 0 Å². The number of hydrogen-bond donors (Lipinski definition) is 0. The van der Waals surface area contributed by atoms with Crippen LogP contribution in [0.4, 0.5) is 34.1 Å². The standard InChI is InChI=1S/C56H50N2/c1-4-20-45(41(3)51(42-22-8-5-9-23-42)38-44-26-15-14-21-40(44)2)35-48-36-46-33-34-50(37-47(46)39-52(48)43-24-10-6-11-25-43)58-55-31-18-16-29-53(55)57(49-27-12-7-13-28-49)54-30-17-19-32-56(54)58/h4-5,7-10,12-34,37-39,41,48H,1,6,11,35-36H2,2-3H3/b45-20+,51-38+. The number of para-hydroxylation sites is 5. The minimum atomic E-state index is 0.190. The van der Waals surface area contributed by atoms with Crippen LogP contribution in [0.25, 0.3) is 17.7 Å². The van der Waals surface area contributed by atoms with E-state index < -0.39 is 0 Å². The third kappa shape index (κ3) is 7.23. The van der Waals surface area contributed by atoms with E-state index in [4.69, 9.17) is 0 Å². The topological polar surface area (TPSA) is 6.48 Å². The fourth-order valence-corrected chi connectivity index (χ4v) is 9.14. The van der Waals surface area contributed by atoms with Gasteiger partial charge in [-0.05, 0) is 132 Å². The molecule has 2 heteroatoms. The summed E-state index contributed by atoms with van der Waals surface area (Å²) in [6.07, 6.45) is 20.4. The predicted octanol–water partition coefficient (Wildman–Crippen LogP) is 15.5. The molecule has 0 saturated carbocycles. The molecule has 0 spiro atoms. The maximum atomic E-state index is 4.22. The van der Waals surface area contributed by atoms with Crippen molar-refractivity contribution >= 4 is 51.8 Å². The van der Waals surface area contributed by atoms with Crippen molar-refractivity contribution in [3.05, 3.63) is 233 Å². The molecule has 1 aliphatic heterocycles. The van der Waals surface area contributed by atoms with Crippen molar-refractivity contribution in [1.82, 2.24) is 0 Å². The summed E-state index contributed by atoms with van der Waals surface area (Å²) in [5, 5.41) is 0. The van der Waals surface area contributed by atoms with E-state index in [0.717, 1.165) is 31.4 Å². The highest BCUT2D eigenvalue weighted by Crippen LogP contribution is 2.54. The Kier molecular flexibility index (Phi) is 10.5. The molecular weight excluding hydrogens is 701 g/mol. The van der Waals surface area contributed by atoms with Gasteiger partial charge in [-0.2, -0.15) is 0 Å². The molecule has 6 aromatic carbocycles. The SMILES string of the molecule is C=C/C=C(\CC1Cc2ccc(N3c4ccccc4N(c4ccccc4)c4ccccc43)cc2C=C1C1=CCCC=C1)C(C)/C(=C\c1ccccc1C)c1ccccc1. The second-order valence-corrected chi connectivity index (χ2v) is 15.7. The number of allylic oxidation sites excluding steroid dienone is 9. The molecule has 0 saturated heterocycles. The van der Waals surface area contributed by atoms with Crippen molar-refractivity contribution < 1.29 is 0 Å². The molecular formula is C56H50N2. The second-order valence-electron chi connectivity index (χ2n) is 15.7. The smallest absolute Gasteiger partial charge is 0.0703 e. The molecule has 0 N–H and O–H groups in total. The Morgan fingerprint density at radius 3 is 1.97 bits per heavy atom. The average molecular weight is 751 g/mol. The third-order valence-corrected chi connectivity index (χ3v) is 12.1. The minimum absolute atomic E-state index is 0.190. The van der Waals surface area contributed by atoms with E-state index in [1.807, 2.05) is 6.08 Å². The van der Waals surface area contributed by atoms with Crippen LogP contribution in [-0.2, 0) is 6.42 Å². The fourth-order valence-electron chi connectivity index (χ4n) is 9.14. The van der Waals surface area contributed by atoms with E-state index in [0.29, 0.717) is 5.92 Å². The van der Waals surface area contributed by atoms with E-state index in [9.17, 15) is 0 Å². The molecule has 284 valence electrons. The van der Waals surface area contributed by atoms with Gasteiger partial charge >= 0.3 is 0 Å². The fraction of sp³-hybridized carbons (Fsp3) is 0.143. The maximum absolute atomic E-state index is 4.22. The molecule has 2 aliphatic carbocycles. The van der Waals surface area contributed by atoms with Crippen molar-refractivity contribution in [3.8, 4) is 0 Å². The highest BCUT2D eigenvalue weighted by atomic mass is 15.3. The normalized spacial score (nSPS) is 16.8. The van der Waals surface area contributed by atoms with Crippen LogP contribution in [0.3, 0.4) is 0 Å². The van der Waals surface area contributed by atoms with Gasteiger partial charge in [0.2, 0.25) is 0 Å². The zero-order valence-corrected chi connectivity index (χ0v) is 33.6. The molecule has 9 rings (SSSR count). The number of hydrogen-bond acceptors (Lipinski definition) is 2. The first-order valence-electron chi connectivity index (χ1n) is 20.8. The molecule has 0 radical (unpaired) electrons. The Hall–Kier alpha value is -6.64. The molecule has 0 fully saturated rings. The molecule has 2 nitrogen and oxygen atoms in total. The van der Waals surface area contributed by atoms with Gasteiger partial charge in [-0.25, -0.2) is 0 Å². The monoisotopic (exact) mass is 750 g/mol. The zero-order valence-electron chi connectivity index (χ0n) is 33.6. The summed E-state index contributed by atoms with van der Waals surface area (Å²) in [4.78, 5) is 4.83. The second kappa shape index (κ2) is 16.5. The van der Waals surface area contributed by atoms with Crippen molar-refractivity contribution in [2.24, 2.45) is 11.8 Å². The van der Waals surface area contributed by atoms with Gasteiger partial charge in [-0.1, -0.05) is 165 Å². The van der Waals surface area contributed by atoms with Gasteiger partial charge in [0.1, 0.15) is 0 Å². The number of anilines is 6. The van der Waals surface area contributed by atoms with Gasteiger partial charge in [0, 0.05) is 17.3 Å². The first-order chi connectivity index (χ1) is 28.6. The Labute approximate surface area is 344 Å². The largest absolute Gasteiger partial charge is 0.306 e. The van der Waals surface area contributed by atoms with E-state index in [-0.39, 0.29) is 5.92 Å². The number of aryl methyl sites for hydroxylation is 1. The summed E-state index contributed by atoms with van der Waals surface area (Å²) in [7, 11) is 0. The van der Waals surface area contributed by atoms with Crippen LogP contribution >= 0.6 is 0 Å². The van der Waals surface area contributed by atoms with Gasteiger partial charge in [0.15, 0.2) is 0 Å². The lowest BCUT2D eigenvalue weighted by Crippen LogP contribution is -2.24. The van der Waals surface area contributed by atoms with Gasteiger partial charge in [-0.3, -0.25) is 0 Å². The first kappa shape index (κ1) is 37.0. The maximum Gasteiger partial charge on any atom is 0.0703 e. The summed E-state index contributed by atoms with van der Waals surface area (Å²) in [6.45, 7) is 8.80. The van der Waals surface area contributed by atoms with Gasteiger partial charge in [0.25, 0.3) is 0 Å². The van der Waals surface area contributed by atoms with Crippen LogP contribution in [0.5, 0.6) is 0 Å². The van der Waals surface area contributed by atoms with Crippen LogP contribution in [0.15, 0.2) is 205 Å². The lowest BCUT2D eigenvalue weighted by atomic mass is 9.73. The number of rotatable bonds is 10. The summed E-state index contributed by atoms with van der Waals surface area (Å²) in [6, 6.07) is 55.0. The van der Waals surface area contributed by atoms with Crippen LogP contribution in [-0.4, -0.2) is 0 Å². The predicted molar refractivity (Wildman–Crippen MR) is 249 cm³/mol. The molecule has 58 heavy (non-hydrogen) atoms. The molecule has 6 aromatic rings. The van der Waals surface area contributed by atoms with Crippen molar-refractivity contribution in [3.63, 3.8) is 0 Å². The minimum Gasteiger partial charge on any atom is -0.306 e. The van der Waals surface area contributed by atoms with Gasteiger partial charge in [-0.15, -0.1) is 0 Å². The summed E-state index contributed by atoms with van der Waals surface area (Å²) < 4.78 is 0. The number of fused-ring (bicyclic) bond motifs is 3. The highest BCUT2D eigenvalue weighted by molar-refractivity contribution is 6.01. The molecule has 2 atom stereocenters. The summed E-state index contributed by atoms with van der Waals surface area (Å²) in [5.41, 5.74) is 19.0. The van der Waals surface area contributed by atoms with Crippen LogP contribution < -0.4 is 9.80 Å². The van der Waals surface area contributed by atoms with E-state index in [2.05, 4.69) is 218 Å². The molecule has 3 aliphatic rings.